The Bertz CT molecular complexity index is 629. The van der Waals surface area contributed by atoms with E-state index in [-0.39, 0.29) is 36.7 Å². The number of nitrogens with one attached hydrogen (secondary N) is 1. The number of nitrogens with zero attached hydrogens (tertiary/aromatic N) is 1. The van der Waals surface area contributed by atoms with Crippen LogP contribution in [0.2, 0.25) is 0 Å². The monoisotopic (exact) mass is 340 g/mol. The molecule has 23 heavy (non-hydrogen) atoms. The Morgan fingerprint density at radius 3 is 2.57 bits per heavy atom. The van der Waals surface area contributed by atoms with Crippen LogP contribution in [0.15, 0.2) is 24.3 Å². The van der Waals surface area contributed by atoms with Crippen LogP contribution >= 0.6 is 0 Å². The number of carbonyl (C=O) groups is 1. The first-order valence-electron chi connectivity index (χ1n) is 7.78. The predicted octanol–water partition coefficient (Wildman–Crippen LogP) is 1.55. The molecule has 0 aromatic heterocycles. The van der Waals surface area contributed by atoms with E-state index in [1.165, 1.54) is 0 Å². The molecule has 0 bridgehead atoms. The van der Waals surface area contributed by atoms with Crippen molar-refractivity contribution < 1.29 is 17.9 Å². The van der Waals surface area contributed by atoms with Crippen LogP contribution in [-0.4, -0.2) is 50.0 Å². The van der Waals surface area contributed by atoms with Crippen LogP contribution in [0.25, 0.3) is 0 Å². The average molecular weight is 340 g/mol. The van der Waals surface area contributed by atoms with Gasteiger partial charge in [-0.25, -0.2) is 13.2 Å². The van der Waals surface area contributed by atoms with Gasteiger partial charge in [0.25, 0.3) is 0 Å². The first kappa shape index (κ1) is 17.7. The molecule has 1 aromatic rings. The van der Waals surface area contributed by atoms with Gasteiger partial charge >= 0.3 is 6.03 Å². The summed E-state index contributed by atoms with van der Waals surface area (Å²) in [6, 6.07) is 7.66. The lowest BCUT2D eigenvalue weighted by molar-refractivity contribution is 0.0657. The molecule has 7 heteroatoms. The number of urea groups is 1. The number of carbonyl (C=O) groups excluding carboxylic acids is 1. The summed E-state index contributed by atoms with van der Waals surface area (Å²) in [5.74, 6) is 0.0882. The SMILES string of the molecule is CC(C)OCc1cccc(CNC(=O)N2CCS(=O)(=O)CC2)c1. The highest BCUT2D eigenvalue weighted by molar-refractivity contribution is 7.91. The van der Waals surface area contributed by atoms with Crippen molar-refractivity contribution in [1.82, 2.24) is 10.2 Å². The van der Waals surface area contributed by atoms with E-state index in [1.54, 1.807) is 4.90 Å². The average Bonchev–Trinajstić information content (AvgIpc) is 2.51. The molecule has 1 aliphatic rings. The molecule has 0 spiro atoms. The molecule has 1 saturated heterocycles. The Labute approximate surface area is 137 Å². The van der Waals surface area contributed by atoms with Crippen molar-refractivity contribution in [2.24, 2.45) is 0 Å². The lowest BCUT2D eigenvalue weighted by atomic mass is 10.1. The molecule has 0 radical (unpaired) electrons. The Balaban J connectivity index is 1.83. The molecule has 1 aliphatic heterocycles. The number of benzene rings is 1. The molecule has 128 valence electrons. The molecule has 1 aromatic carbocycles. The molecule has 6 nitrogen and oxygen atoms in total. The lowest BCUT2D eigenvalue weighted by Gasteiger charge is -2.26. The van der Waals surface area contributed by atoms with Crippen LogP contribution in [0.1, 0.15) is 25.0 Å². The van der Waals surface area contributed by atoms with Gasteiger partial charge in [-0.05, 0) is 25.0 Å². The molecule has 0 aliphatic carbocycles. The normalized spacial score (nSPS) is 17.3. The summed E-state index contributed by atoms with van der Waals surface area (Å²) in [4.78, 5) is 13.6. The fraction of sp³-hybridized carbons (Fsp3) is 0.562. The number of hydrogen-bond acceptors (Lipinski definition) is 4. The maximum Gasteiger partial charge on any atom is 0.317 e. The number of hydrogen-bond donors (Lipinski definition) is 1. The van der Waals surface area contributed by atoms with Crippen LogP contribution in [0.3, 0.4) is 0 Å². The Kier molecular flexibility index (Phi) is 6.01. The summed E-state index contributed by atoms with van der Waals surface area (Å²) in [5, 5.41) is 2.84. The smallest absolute Gasteiger partial charge is 0.317 e. The van der Waals surface area contributed by atoms with E-state index in [1.807, 2.05) is 38.1 Å². The van der Waals surface area contributed by atoms with Crippen molar-refractivity contribution in [3.8, 4) is 0 Å². The van der Waals surface area contributed by atoms with Crippen molar-refractivity contribution in [3.63, 3.8) is 0 Å². The minimum atomic E-state index is -2.97. The van der Waals surface area contributed by atoms with E-state index in [0.717, 1.165) is 11.1 Å². The maximum absolute atomic E-state index is 12.1. The molecule has 1 N–H and O–H groups in total. The van der Waals surface area contributed by atoms with Crippen LogP contribution in [0, 0.1) is 0 Å². The van der Waals surface area contributed by atoms with Crippen LogP contribution < -0.4 is 5.32 Å². The maximum atomic E-state index is 12.1. The van der Waals surface area contributed by atoms with Gasteiger partial charge in [0, 0.05) is 19.6 Å². The van der Waals surface area contributed by atoms with E-state index in [0.29, 0.717) is 13.2 Å². The van der Waals surface area contributed by atoms with Gasteiger partial charge in [-0.15, -0.1) is 0 Å². The summed E-state index contributed by atoms with van der Waals surface area (Å²) in [6.45, 7) is 5.46. The molecular formula is C16H24N2O4S. The summed E-state index contributed by atoms with van der Waals surface area (Å²) in [6.07, 6.45) is 0.175. The minimum absolute atomic E-state index is 0.0441. The number of rotatable bonds is 5. The van der Waals surface area contributed by atoms with E-state index < -0.39 is 9.84 Å². The Morgan fingerprint density at radius 1 is 1.26 bits per heavy atom. The highest BCUT2D eigenvalue weighted by Crippen LogP contribution is 2.09. The van der Waals surface area contributed by atoms with Crippen LogP contribution in [0.5, 0.6) is 0 Å². The van der Waals surface area contributed by atoms with Crippen molar-refractivity contribution >= 4 is 15.9 Å². The number of amides is 2. The molecule has 0 saturated carbocycles. The standard InChI is InChI=1S/C16H24N2O4S/c1-13(2)22-12-15-5-3-4-14(10-15)11-17-16(19)18-6-8-23(20,21)9-7-18/h3-5,10,13H,6-9,11-12H2,1-2H3,(H,17,19). The van der Waals surface area contributed by atoms with E-state index >= 15 is 0 Å². The van der Waals surface area contributed by atoms with Crippen molar-refractivity contribution in [2.45, 2.75) is 33.1 Å². The van der Waals surface area contributed by atoms with Crippen molar-refractivity contribution in [3.05, 3.63) is 35.4 Å². The molecule has 0 atom stereocenters. The third kappa shape index (κ3) is 5.84. The topological polar surface area (TPSA) is 75.7 Å². The zero-order valence-corrected chi connectivity index (χ0v) is 14.4. The van der Waals surface area contributed by atoms with Gasteiger partial charge in [-0.3, -0.25) is 0 Å². The van der Waals surface area contributed by atoms with E-state index in [4.69, 9.17) is 4.74 Å². The Hall–Kier alpha value is -1.60. The zero-order chi connectivity index (χ0) is 16.9. The summed E-state index contributed by atoms with van der Waals surface area (Å²) < 4.78 is 28.3. The second-order valence-corrected chi connectivity index (χ2v) is 8.28. The van der Waals surface area contributed by atoms with E-state index in [2.05, 4.69) is 5.32 Å². The second kappa shape index (κ2) is 7.79. The van der Waals surface area contributed by atoms with Gasteiger partial charge in [0.15, 0.2) is 9.84 Å². The van der Waals surface area contributed by atoms with E-state index in [9.17, 15) is 13.2 Å². The summed E-state index contributed by atoms with van der Waals surface area (Å²) in [5.41, 5.74) is 2.06. The van der Waals surface area contributed by atoms with Crippen molar-refractivity contribution in [1.29, 1.82) is 0 Å². The zero-order valence-electron chi connectivity index (χ0n) is 13.6. The molecule has 2 amide bonds. The Morgan fingerprint density at radius 2 is 1.91 bits per heavy atom. The second-order valence-electron chi connectivity index (χ2n) is 5.98. The molecule has 1 heterocycles. The van der Waals surface area contributed by atoms with Gasteiger partial charge in [-0.1, -0.05) is 24.3 Å². The number of sulfone groups is 1. The van der Waals surface area contributed by atoms with Gasteiger partial charge in [-0.2, -0.15) is 0 Å². The summed E-state index contributed by atoms with van der Waals surface area (Å²) >= 11 is 0. The molecule has 2 rings (SSSR count). The molecular weight excluding hydrogens is 316 g/mol. The van der Waals surface area contributed by atoms with Crippen LogP contribution in [0.4, 0.5) is 4.79 Å². The van der Waals surface area contributed by atoms with Gasteiger partial charge in [0.05, 0.1) is 24.2 Å². The largest absolute Gasteiger partial charge is 0.374 e. The number of ether oxygens (including phenoxy) is 1. The van der Waals surface area contributed by atoms with Crippen molar-refractivity contribution in [2.75, 3.05) is 24.6 Å². The fourth-order valence-electron chi connectivity index (χ4n) is 2.30. The fourth-order valence-corrected chi connectivity index (χ4v) is 3.50. The molecule has 0 unspecified atom stereocenters. The first-order chi connectivity index (χ1) is 10.9. The third-order valence-electron chi connectivity index (χ3n) is 3.65. The highest BCUT2D eigenvalue weighted by atomic mass is 32.2. The predicted molar refractivity (Wildman–Crippen MR) is 88.8 cm³/mol. The minimum Gasteiger partial charge on any atom is -0.374 e. The quantitative estimate of drug-likeness (QED) is 0.882. The summed E-state index contributed by atoms with van der Waals surface area (Å²) in [7, 11) is -2.97. The third-order valence-corrected chi connectivity index (χ3v) is 5.26. The lowest BCUT2D eigenvalue weighted by Crippen LogP contribution is -2.47. The first-order valence-corrected chi connectivity index (χ1v) is 9.60. The van der Waals surface area contributed by atoms with Gasteiger partial charge < -0.3 is 15.0 Å². The van der Waals surface area contributed by atoms with Gasteiger partial charge in [0.2, 0.25) is 0 Å². The highest BCUT2D eigenvalue weighted by Gasteiger charge is 2.24. The molecule has 1 fully saturated rings. The van der Waals surface area contributed by atoms with Crippen LogP contribution in [-0.2, 0) is 27.7 Å². The van der Waals surface area contributed by atoms with Gasteiger partial charge in [0.1, 0.15) is 0 Å².